The molecule has 1 aromatic carbocycles. The van der Waals surface area contributed by atoms with Gasteiger partial charge >= 0.3 is 5.97 Å². The van der Waals surface area contributed by atoms with Crippen molar-refractivity contribution in [2.24, 2.45) is 7.05 Å². The molecule has 0 aliphatic carbocycles. The minimum atomic E-state index is -1.02. The Morgan fingerprint density at radius 3 is 2.70 bits per heavy atom. The number of carboxylic acid groups (broad SMARTS) is 1. The van der Waals surface area contributed by atoms with Gasteiger partial charge in [0.25, 0.3) is 0 Å². The molecule has 1 heterocycles. The van der Waals surface area contributed by atoms with Gasteiger partial charge in [-0.25, -0.2) is 4.79 Å². The molecule has 0 aliphatic heterocycles. The second-order valence-corrected chi connectivity index (χ2v) is 4.89. The van der Waals surface area contributed by atoms with Gasteiger partial charge in [0.1, 0.15) is 17.9 Å². The molecule has 20 heavy (non-hydrogen) atoms. The van der Waals surface area contributed by atoms with E-state index in [4.69, 9.17) is 16.3 Å². The number of para-hydroxylation sites is 1. The molecule has 0 fully saturated rings. The number of carbonyl (C=O) groups is 1. The Morgan fingerprint density at radius 1 is 1.45 bits per heavy atom. The van der Waals surface area contributed by atoms with Crippen molar-refractivity contribution in [2.45, 2.75) is 20.5 Å². The van der Waals surface area contributed by atoms with Crippen LogP contribution in [-0.2, 0) is 13.7 Å². The number of aryl methyl sites for hydroxylation is 3. The number of carboxylic acids is 1. The monoisotopic (exact) mass is 294 g/mol. The standard InChI is InChI=1S/C14H15ClN2O3/c1-8-5-4-6-10(14(18)19)13(8)20-7-11-12(15)9(2)16-17(11)3/h4-6H,7H2,1-3H3,(H,18,19). The van der Waals surface area contributed by atoms with Gasteiger partial charge in [-0.1, -0.05) is 23.7 Å². The summed E-state index contributed by atoms with van der Waals surface area (Å²) in [6.07, 6.45) is 0. The number of nitrogens with zero attached hydrogens (tertiary/aromatic N) is 2. The Hall–Kier alpha value is -2.01. The van der Waals surface area contributed by atoms with Crippen LogP contribution in [0.4, 0.5) is 0 Å². The average molecular weight is 295 g/mol. The van der Waals surface area contributed by atoms with Gasteiger partial charge in [0.2, 0.25) is 0 Å². The van der Waals surface area contributed by atoms with Crippen LogP contribution in [-0.4, -0.2) is 20.9 Å². The Kier molecular flexibility index (Phi) is 3.99. The first-order valence-corrected chi connectivity index (χ1v) is 6.43. The summed E-state index contributed by atoms with van der Waals surface area (Å²) in [6, 6.07) is 5.01. The minimum Gasteiger partial charge on any atom is -0.486 e. The molecule has 106 valence electrons. The second kappa shape index (κ2) is 5.54. The first kappa shape index (κ1) is 14.4. The Labute approximate surface area is 121 Å². The van der Waals surface area contributed by atoms with Crippen molar-refractivity contribution in [1.29, 1.82) is 0 Å². The van der Waals surface area contributed by atoms with Crippen molar-refractivity contribution >= 4 is 17.6 Å². The third kappa shape index (κ3) is 2.63. The highest BCUT2D eigenvalue weighted by atomic mass is 35.5. The highest BCUT2D eigenvalue weighted by molar-refractivity contribution is 6.31. The van der Waals surface area contributed by atoms with Gasteiger partial charge in [-0.3, -0.25) is 4.68 Å². The van der Waals surface area contributed by atoms with Gasteiger partial charge in [0.05, 0.1) is 16.4 Å². The maximum absolute atomic E-state index is 11.2. The van der Waals surface area contributed by atoms with Gasteiger partial charge in [-0.2, -0.15) is 5.10 Å². The SMILES string of the molecule is Cc1cccc(C(=O)O)c1OCc1c(Cl)c(C)nn1C. The number of hydrogen-bond acceptors (Lipinski definition) is 3. The van der Waals surface area contributed by atoms with Crippen molar-refractivity contribution < 1.29 is 14.6 Å². The lowest BCUT2D eigenvalue weighted by Crippen LogP contribution is -2.08. The smallest absolute Gasteiger partial charge is 0.339 e. The van der Waals surface area contributed by atoms with Crippen molar-refractivity contribution in [3.8, 4) is 5.75 Å². The molecule has 5 nitrogen and oxygen atoms in total. The summed E-state index contributed by atoms with van der Waals surface area (Å²) < 4.78 is 7.30. The van der Waals surface area contributed by atoms with Gasteiger partial charge in [-0.15, -0.1) is 0 Å². The summed E-state index contributed by atoms with van der Waals surface area (Å²) in [4.78, 5) is 11.2. The lowest BCUT2D eigenvalue weighted by atomic mass is 10.1. The molecule has 0 saturated carbocycles. The van der Waals surface area contributed by atoms with Crippen LogP contribution in [0.1, 0.15) is 27.3 Å². The maximum atomic E-state index is 11.2. The number of benzene rings is 1. The third-order valence-corrected chi connectivity index (χ3v) is 3.55. The minimum absolute atomic E-state index is 0.139. The number of rotatable bonds is 4. The zero-order valence-corrected chi connectivity index (χ0v) is 12.2. The highest BCUT2D eigenvalue weighted by Gasteiger charge is 2.16. The Morgan fingerprint density at radius 2 is 2.15 bits per heavy atom. The average Bonchev–Trinajstić information content (AvgIpc) is 2.62. The summed E-state index contributed by atoms with van der Waals surface area (Å²) in [7, 11) is 1.77. The fraction of sp³-hybridized carbons (Fsp3) is 0.286. The molecule has 0 radical (unpaired) electrons. The van der Waals surface area contributed by atoms with E-state index < -0.39 is 5.97 Å². The van der Waals surface area contributed by atoms with Crippen LogP contribution in [0.3, 0.4) is 0 Å². The Balaban J connectivity index is 2.30. The first-order valence-electron chi connectivity index (χ1n) is 6.05. The lowest BCUT2D eigenvalue weighted by molar-refractivity contribution is 0.0691. The number of aromatic nitrogens is 2. The summed E-state index contributed by atoms with van der Waals surface area (Å²) in [5.41, 5.74) is 2.33. The van der Waals surface area contributed by atoms with E-state index in [-0.39, 0.29) is 12.2 Å². The molecule has 2 aromatic rings. The number of ether oxygens (including phenoxy) is 1. The van der Waals surface area contributed by atoms with Crippen LogP contribution in [0, 0.1) is 13.8 Å². The highest BCUT2D eigenvalue weighted by Crippen LogP contribution is 2.26. The maximum Gasteiger partial charge on any atom is 0.339 e. The molecule has 0 bridgehead atoms. The molecule has 6 heteroatoms. The van der Waals surface area contributed by atoms with Gasteiger partial charge < -0.3 is 9.84 Å². The molecular weight excluding hydrogens is 280 g/mol. The molecule has 0 spiro atoms. The molecule has 0 amide bonds. The molecule has 2 rings (SSSR count). The molecule has 0 atom stereocenters. The molecule has 0 unspecified atom stereocenters. The summed E-state index contributed by atoms with van der Waals surface area (Å²) in [5.74, 6) is -0.661. The summed E-state index contributed by atoms with van der Waals surface area (Å²) >= 11 is 6.14. The van der Waals surface area contributed by atoms with E-state index >= 15 is 0 Å². The van der Waals surface area contributed by atoms with E-state index in [9.17, 15) is 9.90 Å². The van der Waals surface area contributed by atoms with Crippen LogP contribution in [0.15, 0.2) is 18.2 Å². The van der Waals surface area contributed by atoms with Crippen LogP contribution >= 0.6 is 11.6 Å². The van der Waals surface area contributed by atoms with E-state index in [1.807, 2.05) is 6.92 Å². The normalized spacial score (nSPS) is 10.6. The zero-order chi connectivity index (χ0) is 14.9. The van der Waals surface area contributed by atoms with Crippen molar-refractivity contribution in [2.75, 3.05) is 0 Å². The number of hydrogen-bond donors (Lipinski definition) is 1. The molecule has 1 aromatic heterocycles. The van der Waals surface area contributed by atoms with Crippen LogP contribution in [0.5, 0.6) is 5.75 Å². The summed E-state index contributed by atoms with van der Waals surface area (Å²) in [5, 5.41) is 13.9. The van der Waals surface area contributed by atoms with E-state index in [0.29, 0.717) is 16.5 Å². The fourth-order valence-corrected chi connectivity index (χ4v) is 2.20. The summed E-state index contributed by atoms with van der Waals surface area (Å²) in [6.45, 7) is 3.78. The second-order valence-electron chi connectivity index (χ2n) is 4.52. The molecular formula is C14H15ClN2O3. The topological polar surface area (TPSA) is 64.3 Å². The number of halogens is 1. The van der Waals surface area contributed by atoms with E-state index in [0.717, 1.165) is 11.3 Å². The lowest BCUT2D eigenvalue weighted by Gasteiger charge is -2.12. The molecule has 0 saturated heterocycles. The molecule has 0 aliphatic rings. The fourth-order valence-electron chi connectivity index (χ4n) is 1.99. The predicted molar refractivity (Wildman–Crippen MR) is 75.4 cm³/mol. The van der Waals surface area contributed by atoms with Gasteiger partial charge in [0.15, 0.2) is 0 Å². The largest absolute Gasteiger partial charge is 0.486 e. The predicted octanol–water partition coefficient (Wildman–Crippen LogP) is 2.97. The molecule has 1 N–H and O–H groups in total. The van der Waals surface area contributed by atoms with E-state index in [1.54, 1.807) is 30.8 Å². The van der Waals surface area contributed by atoms with Crippen molar-refractivity contribution in [1.82, 2.24) is 9.78 Å². The van der Waals surface area contributed by atoms with Crippen molar-refractivity contribution in [3.05, 3.63) is 45.7 Å². The first-order chi connectivity index (χ1) is 9.41. The number of aromatic carboxylic acids is 1. The van der Waals surface area contributed by atoms with E-state index in [2.05, 4.69) is 5.10 Å². The van der Waals surface area contributed by atoms with Crippen molar-refractivity contribution in [3.63, 3.8) is 0 Å². The zero-order valence-electron chi connectivity index (χ0n) is 11.5. The van der Waals surface area contributed by atoms with Gasteiger partial charge in [0, 0.05) is 7.05 Å². The van der Waals surface area contributed by atoms with E-state index in [1.165, 1.54) is 6.07 Å². The quantitative estimate of drug-likeness (QED) is 0.941. The van der Waals surface area contributed by atoms with Gasteiger partial charge in [-0.05, 0) is 25.5 Å². The van der Waals surface area contributed by atoms with Crippen LogP contribution < -0.4 is 4.74 Å². The van der Waals surface area contributed by atoms with Crippen LogP contribution in [0.25, 0.3) is 0 Å². The van der Waals surface area contributed by atoms with Crippen LogP contribution in [0.2, 0.25) is 5.02 Å². The Bertz CT molecular complexity index is 665. The third-order valence-electron chi connectivity index (χ3n) is 3.06.